The van der Waals surface area contributed by atoms with E-state index >= 15 is 0 Å². The van der Waals surface area contributed by atoms with Crippen molar-refractivity contribution in [1.82, 2.24) is 0 Å². The number of ether oxygens (including phenoxy) is 3. The predicted octanol–water partition coefficient (Wildman–Crippen LogP) is 24.4. The summed E-state index contributed by atoms with van der Waals surface area (Å²) < 4.78 is 17.0. The van der Waals surface area contributed by atoms with Crippen LogP contribution in [0.4, 0.5) is 0 Å². The highest BCUT2D eigenvalue weighted by Gasteiger charge is 2.19. The highest BCUT2D eigenvalue weighted by molar-refractivity contribution is 5.71. The van der Waals surface area contributed by atoms with Crippen LogP contribution in [0.2, 0.25) is 0 Å². The highest BCUT2D eigenvalue weighted by atomic mass is 16.6. The van der Waals surface area contributed by atoms with E-state index in [0.29, 0.717) is 19.3 Å². The molecular weight excluding hydrogens is 997 g/mol. The van der Waals surface area contributed by atoms with Crippen molar-refractivity contribution in [1.29, 1.82) is 0 Å². The van der Waals surface area contributed by atoms with Gasteiger partial charge in [-0.15, -0.1) is 0 Å². The summed E-state index contributed by atoms with van der Waals surface area (Å²) in [6, 6.07) is 0. The molecular formula is C75H134O6. The second-order valence-electron chi connectivity index (χ2n) is 23.8. The summed E-state index contributed by atoms with van der Waals surface area (Å²) in [7, 11) is 0. The van der Waals surface area contributed by atoms with Gasteiger partial charge in [-0.05, 0) is 109 Å². The van der Waals surface area contributed by atoms with Crippen molar-refractivity contribution >= 4 is 17.9 Å². The predicted molar refractivity (Wildman–Crippen MR) is 353 cm³/mol. The Hall–Kier alpha value is -3.15. The molecule has 0 amide bonds. The lowest BCUT2D eigenvalue weighted by Gasteiger charge is -2.18. The first-order valence-electron chi connectivity index (χ1n) is 35.4. The quantitative estimate of drug-likeness (QED) is 0.0261. The van der Waals surface area contributed by atoms with Gasteiger partial charge in [-0.3, -0.25) is 14.4 Å². The fourth-order valence-electron chi connectivity index (χ4n) is 10.3. The number of esters is 3. The Kier molecular flexibility index (Phi) is 66.6. The lowest BCUT2D eigenvalue weighted by molar-refractivity contribution is -0.167. The molecule has 1 unspecified atom stereocenters. The summed E-state index contributed by atoms with van der Waals surface area (Å²) >= 11 is 0. The molecule has 0 aromatic rings. The Morgan fingerprint density at radius 3 is 0.753 bits per heavy atom. The van der Waals surface area contributed by atoms with Crippen LogP contribution in [0, 0.1) is 0 Å². The summed E-state index contributed by atoms with van der Waals surface area (Å²) in [6.07, 6.45) is 90.8. The van der Waals surface area contributed by atoms with Crippen LogP contribution < -0.4 is 0 Å². The molecule has 0 heterocycles. The van der Waals surface area contributed by atoms with Crippen molar-refractivity contribution in [2.75, 3.05) is 13.2 Å². The van der Waals surface area contributed by atoms with Gasteiger partial charge in [0.05, 0.1) is 0 Å². The summed E-state index contributed by atoms with van der Waals surface area (Å²) in [5.41, 5.74) is 0. The van der Waals surface area contributed by atoms with E-state index in [0.717, 1.165) is 96.3 Å². The van der Waals surface area contributed by atoms with Crippen LogP contribution in [0.5, 0.6) is 0 Å². The molecule has 0 rings (SSSR count). The molecule has 81 heavy (non-hydrogen) atoms. The molecule has 0 bridgehead atoms. The summed E-state index contributed by atoms with van der Waals surface area (Å²) in [5.74, 6) is -0.878. The molecule has 470 valence electrons. The summed E-state index contributed by atoms with van der Waals surface area (Å²) in [6.45, 7) is 6.57. The maximum absolute atomic E-state index is 12.9. The third-order valence-electron chi connectivity index (χ3n) is 15.6. The third-order valence-corrected chi connectivity index (χ3v) is 15.6. The van der Waals surface area contributed by atoms with E-state index in [1.165, 1.54) is 231 Å². The van der Waals surface area contributed by atoms with E-state index in [-0.39, 0.29) is 31.1 Å². The van der Waals surface area contributed by atoms with Gasteiger partial charge in [0.15, 0.2) is 6.10 Å². The third kappa shape index (κ3) is 67.5. The van der Waals surface area contributed by atoms with Gasteiger partial charge in [-0.1, -0.05) is 312 Å². The van der Waals surface area contributed by atoms with Crippen LogP contribution in [0.25, 0.3) is 0 Å². The van der Waals surface area contributed by atoms with Gasteiger partial charge in [0, 0.05) is 19.3 Å². The molecule has 0 N–H and O–H groups in total. The minimum Gasteiger partial charge on any atom is -0.462 e. The van der Waals surface area contributed by atoms with E-state index in [1.54, 1.807) is 0 Å². The number of rotatable bonds is 65. The Balaban J connectivity index is 4.19. The van der Waals surface area contributed by atoms with E-state index < -0.39 is 6.10 Å². The molecule has 0 aliphatic carbocycles. The zero-order valence-corrected chi connectivity index (χ0v) is 54.1. The Morgan fingerprint density at radius 2 is 0.469 bits per heavy atom. The van der Waals surface area contributed by atoms with Crippen LogP contribution in [0.15, 0.2) is 72.9 Å². The maximum atomic E-state index is 12.9. The Morgan fingerprint density at radius 1 is 0.247 bits per heavy atom. The molecule has 0 fully saturated rings. The van der Waals surface area contributed by atoms with E-state index in [9.17, 15) is 14.4 Å². The number of hydrogen-bond donors (Lipinski definition) is 0. The molecule has 0 aromatic carbocycles. The van der Waals surface area contributed by atoms with Crippen LogP contribution >= 0.6 is 0 Å². The van der Waals surface area contributed by atoms with Gasteiger partial charge in [0.1, 0.15) is 13.2 Å². The zero-order valence-electron chi connectivity index (χ0n) is 54.1. The van der Waals surface area contributed by atoms with Crippen molar-refractivity contribution in [2.45, 2.75) is 374 Å². The molecule has 0 aliphatic rings. The first kappa shape index (κ1) is 77.9. The monoisotopic (exact) mass is 1130 g/mol. The van der Waals surface area contributed by atoms with E-state index in [2.05, 4.69) is 93.7 Å². The van der Waals surface area contributed by atoms with Crippen molar-refractivity contribution < 1.29 is 28.6 Å². The number of allylic oxidation sites excluding steroid dienone is 12. The SMILES string of the molecule is CCC/C=C\C/C=C\CCCCCCCC(=O)OCC(COC(=O)CCCCCCCCCCCCCCCCCCCCC/C=C\C/C=C\CCCCCCC)OC(=O)CCCCCCCCCCC/C=C\C/C=C\CCCCC. The number of hydrogen-bond acceptors (Lipinski definition) is 6. The zero-order chi connectivity index (χ0) is 58.5. The fourth-order valence-corrected chi connectivity index (χ4v) is 10.3. The lowest BCUT2D eigenvalue weighted by atomic mass is 10.0. The van der Waals surface area contributed by atoms with Crippen LogP contribution in [0.1, 0.15) is 367 Å². The maximum Gasteiger partial charge on any atom is 0.306 e. The second-order valence-corrected chi connectivity index (χ2v) is 23.8. The first-order valence-corrected chi connectivity index (χ1v) is 35.4. The van der Waals surface area contributed by atoms with Gasteiger partial charge in [0.25, 0.3) is 0 Å². The molecule has 6 nitrogen and oxygen atoms in total. The molecule has 0 radical (unpaired) electrons. The molecule has 6 heteroatoms. The highest BCUT2D eigenvalue weighted by Crippen LogP contribution is 2.18. The molecule has 0 spiro atoms. The van der Waals surface area contributed by atoms with Gasteiger partial charge < -0.3 is 14.2 Å². The smallest absolute Gasteiger partial charge is 0.306 e. The number of carbonyl (C=O) groups is 3. The second kappa shape index (κ2) is 69.3. The van der Waals surface area contributed by atoms with Gasteiger partial charge in [0.2, 0.25) is 0 Å². The largest absolute Gasteiger partial charge is 0.462 e. The molecule has 0 saturated heterocycles. The van der Waals surface area contributed by atoms with Gasteiger partial charge in [-0.2, -0.15) is 0 Å². The summed E-state index contributed by atoms with van der Waals surface area (Å²) in [4.78, 5) is 38.4. The lowest BCUT2D eigenvalue weighted by Crippen LogP contribution is -2.30. The van der Waals surface area contributed by atoms with Crippen molar-refractivity contribution in [3.05, 3.63) is 72.9 Å². The Bertz CT molecular complexity index is 1490. The van der Waals surface area contributed by atoms with Crippen molar-refractivity contribution in [3.8, 4) is 0 Å². The molecule has 0 aliphatic heterocycles. The van der Waals surface area contributed by atoms with Crippen LogP contribution in [-0.2, 0) is 28.6 Å². The average molecular weight is 1130 g/mol. The fraction of sp³-hybridized carbons (Fsp3) is 0.800. The van der Waals surface area contributed by atoms with E-state index in [1.807, 2.05) is 0 Å². The molecule has 1 atom stereocenters. The topological polar surface area (TPSA) is 78.9 Å². The van der Waals surface area contributed by atoms with Gasteiger partial charge in [-0.25, -0.2) is 0 Å². The van der Waals surface area contributed by atoms with Crippen molar-refractivity contribution in [3.63, 3.8) is 0 Å². The number of unbranched alkanes of at least 4 members (excludes halogenated alkanes) is 42. The van der Waals surface area contributed by atoms with Crippen molar-refractivity contribution in [2.24, 2.45) is 0 Å². The first-order chi connectivity index (χ1) is 40.0. The minimum absolute atomic E-state index is 0.0784. The van der Waals surface area contributed by atoms with Gasteiger partial charge >= 0.3 is 17.9 Å². The van der Waals surface area contributed by atoms with Crippen LogP contribution in [-0.4, -0.2) is 37.2 Å². The normalized spacial score (nSPS) is 12.5. The number of carbonyl (C=O) groups excluding carboxylic acids is 3. The standard InChI is InChI=1S/C75H134O6/c1-4-7-10-13-16-19-22-25-27-29-31-32-33-34-35-36-37-38-39-40-41-42-44-45-47-50-53-56-59-62-65-68-74(77)80-71-72(70-79-73(76)67-64-61-58-55-52-49-24-21-18-15-12-9-6-3)81-75(78)69-66-63-60-57-54-51-48-46-43-30-28-26-23-20-17-14-11-8-5-2/h12,15,17,20-22,24-26,28-29,31,72H,4-11,13-14,16,18-19,23,27,30,32-71H2,1-3H3/b15-12-,20-17-,24-21-,25-22-,28-26-,31-29-. The van der Waals surface area contributed by atoms with Crippen LogP contribution in [0.3, 0.4) is 0 Å². The Labute approximate surface area is 503 Å². The summed E-state index contributed by atoms with van der Waals surface area (Å²) in [5, 5.41) is 0. The average Bonchev–Trinajstić information content (AvgIpc) is 3.46. The molecule has 0 aromatic heterocycles. The molecule has 0 saturated carbocycles. The minimum atomic E-state index is -0.784. The van der Waals surface area contributed by atoms with E-state index in [4.69, 9.17) is 14.2 Å².